The van der Waals surface area contributed by atoms with E-state index in [1.165, 1.54) is 5.94 Å². The number of ether oxygens (including phenoxy) is 2. The van der Waals surface area contributed by atoms with E-state index in [9.17, 15) is 31.5 Å². The molecule has 0 spiro atoms. The summed E-state index contributed by atoms with van der Waals surface area (Å²) in [7, 11) is 0. The molecule has 1 N–H and O–H groups in total. The van der Waals surface area contributed by atoms with Crippen LogP contribution in [0.5, 0.6) is 0 Å². The summed E-state index contributed by atoms with van der Waals surface area (Å²) in [5, 5.41) is 2.26. The number of alkyl carbamates (subject to hydrolysis) is 1. The Labute approximate surface area is 157 Å². The molecule has 0 radical (unpaired) electrons. The SMILES string of the molecule is CC(C)(C)OC(=O)N[C@H]1CC(=C=O)C(C(F)(F)F)O[C@@H]1c1cc(F)ccc1F. The molecule has 1 unspecified atom stereocenters. The second kappa shape index (κ2) is 7.89. The average molecular weight is 407 g/mol. The van der Waals surface area contributed by atoms with Crippen LogP contribution in [0.3, 0.4) is 0 Å². The molecule has 10 heteroatoms. The fourth-order valence-corrected chi connectivity index (χ4v) is 2.75. The Kier molecular flexibility index (Phi) is 6.15. The molecule has 5 nitrogen and oxygen atoms in total. The third kappa shape index (κ3) is 5.30. The molecule has 0 saturated carbocycles. The van der Waals surface area contributed by atoms with Crippen LogP contribution in [0.2, 0.25) is 0 Å². The molecular weight excluding hydrogens is 389 g/mol. The highest BCUT2D eigenvalue weighted by molar-refractivity contribution is 5.68. The van der Waals surface area contributed by atoms with E-state index in [2.05, 4.69) is 5.32 Å². The maximum atomic E-state index is 14.2. The number of hydrogen-bond acceptors (Lipinski definition) is 4. The van der Waals surface area contributed by atoms with Crippen LogP contribution in [0.15, 0.2) is 23.8 Å². The predicted molar refractivity (Wildman–Crippen MR) is 87.0 cm³/mol. The number of benzene rings is 1. The largest absolute Gasteiger partial charge is 0.444 e. The molecule has 1 aliphatic heterocycles. The molecular formula is C18H18F5NO4. The third-order valence-corrected chi connectivity index (χ3v) is 3.80. The van der Waals surface area contributed by atoms with Crippen molar-refractivity contribution in [1.82, 2.24) is 5.32 Å². The molecule has 2 rings (SSSR count). The molecule has 28 heavy (non-hydrogen) atoms. The summed E-state index contributed by atoms with van der Waals surface area (Å²) >= 11 is 0. The molecule has 1 aromatic carbocycles. The summed E-state index contributed by atoms with van der Waals surface area (Å²) in [6.07, 6.45) is -11.0. The standard InChI is InChI=1S/C18H18F5NO4/c1-17(2,3)28-16(26)24-13-6-9(8-25)15(18(21,22)23)27-14(13)11-7-10(19)4-5-12(11)20/h4-5,7,13-15H,6H2,1-3H3,(H,24,26)/t13-,14+,15?/m0/s1. The van der Waals surface area contributed by atoms with Crippen molar-refractivity contribution in [2.24, 2.45) is 0 Å². The van der Waals surface area contributed by atoms with E-state index in [-0.39, 0.29) is 0 Å². The van der Waals surface area contributed by atoms with E-state index in [0.29, 0.717) is 6.07 Å². The van der Waals surface area contributed by atoms with Crippen LogP contribution in [0.25, 0.3) is 0 Å². The Bertz CT molecular complexity index is 796. The van der Waals surface area contributed by atoms with Crippen molar-refractivity contribution in [2.75, 3.05) is 0 Å². The van der Waals surface area contributed by atoms with Gasteiger partial charge in [-0.2, -0.15) is 13.2 Å². The number of carbonyl (C=O) groups is 1. The van der Waals surface area contributed by atoms with E-state index >= 15 is 0 Å². The second-order valence-corrected chi connectivity index (χ2v) is 7.23. The normalized spacial score (nSPS) is 23.1. The second-order valence-electron chi connectivity index (χ2n) is 7.23. The van der Waals surface area contributed by atoms with Crippen LogP contribution in [-0.4, -0.2) is 36.0 Å². The fourth-order valence-electron chi connectivity index (χ4n) is 2.75. The van der Waals surface area contributed by atoms with Gasteiger partial charge in [-0.05, 0) is 39.0 Å². The van der Waals surface area contributed by atoms with Crippen LogP contribution in [0.4, 0.5) is 26.7 Å². The lowest BCUT2D eigenvalue weighted by molar-refractivity contribution is -0.232. The number of hydrogen-bond donors (Lipinski definition) is 1. The smallest absolute Gasteiger partial charge is 0.419 e. The summed E-state index contributed by atoms with van der Waals surface area (Å²) in [5.74, 6) is -0.761. The average Bonchev–Trinajstić information content (AvgIpc) is 2.54. The Hall–Kier alpha value is -2.45. The van der Waals surface area contributed by atoms with Crippen molar-refractivity contribution < 1.29 is 41.0 Å². The maximum absolute atomic E-state index is 14.2. The zero-order chi connectivity index (χ0) is 21.3. The number of rotatable bonds is 2. The zero-order valence-corrected chi connectivity index (χ0v) is 15.2. The number of nitrogens with one attached hydrogen (secondary N) is 1. The van der Waals surface area contributed by atoms with Gasteiger partial charge in [0, 0.05) is 12.0 Å². The Balaban J connectivity index is 2.43. The molecule has 1 saturated heterocycles. The van der Waals surface area contributed by atoms with Crippen LogP contribution < -0.4 is 5.32 Å². The minimum Gasteiger partial charge on any atom is -0.444 e. The van der Waals surface area contributed by atoms with E-state index in [0.717, 1.165) is 12.1 Å². The molecule has 1 heterocycles. The first kappa shape index (κ1) is 21.8. The monoisotopic (exact) mass is 407 g/mol. The molecule has 3 atom stereocenters. The molecule has 0 aromatic heterocycles. The minimum absolute atomic E-state index is 0.528. The van der Waals surface area contributed by atoms with Crippen LogP contribution in [0, 0.1) is 11.6 Å². The van der Waals surface area contributed by atoms with Gasteiger partial charge in [0.1, 0.15) is 29.3 Å². The fraction of sp³-hybridized carbons (Fsp3) is 0.500. The summed E-state index contributed by atoms with van der Waals surface area (Å²) in [5.41, 5.74) is -2.25. The molecule has 1 amide bonds. The van der Waals surface area contributed by atoms with Crippen molar-refractivity contribution in [3.8, 4) is 0 Å². The lowest BCUT2D eigenvalue weighted by atomic mass is 9.90. The summed E-state index contributed by atoms with van der Waals surface area (Å²) in [6, 6.07) is 0.871. The van der Waals surface area contributed by atoms with Crippen LogP contribution in [-0.2, 0) is 14.3 Å². The van der Waals surface area contributed by atoms with Gasteiger partial charge in [0.2, 0.25) is 0 Å². The van der Waals surface area contributed by atoms with Crippen molar-refractivity contribution >= 4 is 12.0 Å². The lowest BCUT2D eigenvalue weighted by Gasteiger charge is -2.38. The molecule has 1 fully saturated rings. The number of halogens is 5. The summed E-state index contributed by atoms with van der Waals surface area (Å²) in [4.78, 5) is 23.1. The molecule has 154 valence electrons. The highest BCUT2D eigenvalue weighted by Crippen LogP contribution is 2.41. The van der Waals surface area contributed by atoms with E-state index in [1.807, 2.05) is 0 Å². The highest BCUT2D eigenvalue weighted by Gasteiger charge is 2.51. The minimum atomic E-state index is -4.98. The first-order chi connectivity index (χ1) is 12.8. The van der Waals surface area contributed by atoms with Gasteiger partial charge in [-0.1, -0.05) is 0 Å². The Morgan fingerprint density at radius 1 is 1.25 bits per heavy atom. The van der Waals surface area contributed by atoms with Gasteiger partial charge in [-0.15, -0.1) is 0 Å². The number of amides is 1. The van der Waals surface area contributed by atoms with Crippen molar-refractivity contribution in [1.29, 1.82) is 0 Å². The first-order valence-corrected chi connectivity index (χ1v) is 8.22. The summed E-state index contributed by atoms with van der Waals surface area (Å²) < 4.78 is 77.5. The Morgan fingerprint density at radius 2 is 1.89 bits per heavy atom. The maximum Gasteiger partial charge on any atom is 0.419 e. The van der Waals surface area contributed by atoms with Gasteiger partial charge in [-0.25, -0.2) is 18.4 Å². The molecule has 0 bridgehead atoms. The van der Waals surface area contributed by atoms with Gasteiger partial charge < -0.3 is 14.8 Å². The van der Waals surface area contributed by atoms with Crippen LogP contribution in [0.1, 0.15) is 38.9 Å². The quantitative estimate of drug-likeness (QED) is 0.595. The van der Waals surface area contributed by atoms with E-state index in [4.69, 9.17) is 9.47 Å². The summed E-state index contributed by atoms with van der Waals surface area (Å²) in [6.45, 7) is 4.68. The number of carbonyl (C=O) groups excluding carboxylic acids is 2. The van der Waals surface area contributed by atoms with Crippen molar-refractivity contribution in [2.45, 2.75) is 57.2 Å². The van der Waals surface area contributed by atoms with Gasteiger partial charge >= 0.3 is 12.3 Å². The van der Waals surface area contributed by atoms with E-state index in [1.54, 1.807) is 20.8 Å². The van der Waals surface area contributed by atoms with Crippen molar-refractivity contribution in [3.63, 3.8) is 0 Å². The zero-order valence-electron chi connectivity index (χ0n) is 15.2. The molecule has 1 aromatic rings. The van der Waals surface area contributed by atoms with Gasteiger partial charge in [0.25, 0.3) is 0 Å². The molecule has 0 aliphatic carbocycles. The topological polar surface area (TPSA) is 64.6 Å². The van der Waals surface area contributed by atoms with Gasteiger partial charge in [0.15, 0.2) is 6.10 Å². The lowest BCUT2D eigenvalue weighted by Crippen LogP contribution is -2.50. The van der Waals surface area contributed by atoms with Crippen LogP contribution >= 0.6 is 0 Å². The van der Waals surface area contributed by atoms with Gasteiger partial charge in [0.05, 0.1) is 11.6 Å². The van der Waals surface area contributed by atoms with Crippen molar-refractivity contribution in [3.05, 3.63) is 41.0 Å². The third-order valence-electron chi connectivity index (χ3n) is 3.80. The van der Waals surface area contributed by atoms with E-state index < -0.39 is 65.3 Å². The first-order valence-electron chi connectivity index (χ1n) is 8.22. The van der Waals surface area contributed by atoms with Gasteiger partial charge in [-0.3, -0.25) is 0 Å². The molecule has 1 aliphatic rings. The predicted octanol–water partition coefficient (Wildman–Crippen LogP) is 4.01. The highest BCUT2D eigenvalue weighted by atomic mass is 19.4. The Morgan fingerprint density at radius 3 is 2.43 bits per heavy atom. The number of alkyl halides is 3.